The fourth-order valence-electron chi connectivity index (χ4n) is 17.3. The van der Waals surface area contributed by atoms with E-state index in [1.807, 2.05) is 0 Å². The third-order valence-corrected chi connectivity index (χ3v) is 24.2. The highest BCUT2D eigenvalue weighted by Gasteiger charge is 2.36. The van der Waals surface area contributed by atoms with Crippen molar-refractivity contribution in [1.29, 1.82) is 0 Å². The summed E-state index contributed by atoms with van der Waals surface area (Å²) in [5.74, 6) is 0. The van der Waals surface area contributed by atoms with Gasteiger partial charge in [-0.15, -0.1) is 0 Å². The molecule has 0 unspecified atom stereocenters. The number of nitrogens with zero attached hydrogens (tertiary/aromatic N) is 16. The van der Waals surface area contributed by atoms with Gasteiger partial charge in [-0.25, -0.2) is 0 Å². The van der Waals surface area contributed by atoms with Crippen LogP contribution in [0.2, 0.25) is 0 Å². The first-order valence-corrected chi connectivity index (χ1v) is 40.2. The van der Waals surface area contributed by atoms with Gasteiger partial charge < -0.3 is 78.4 Å². The Morgan fingerprint density at radius 2 is 0.411 bits per heavy atom. The predicted molar refractivity (Wildman–Crippen MR) is 477 cm³/mol. The van der Waals surface area contributed by atoms with Crippen molar-refractivity contribution in [3.63, 3.8) is 0 Å². The molecule has 16 nitrogen and oxygen atoms in total. The van der Waals surface area contributed by atoms with Crippen LogP contribution in [0, 0.1) is 55.4 Å². The lowest BCUT2D eigenvalue weighted by Crippen LogP contribution is -2.41. The average molecular weight is 1500 g/mol. The van der Waals surface area contributed by atoms with Crippen LogP contribution in [0.15, 0.2) is 269 Å². The number of aryl methyl sites for hydroxylation is 4. The Balaban J connectivity index is 0.000000133. The van der Waals surface area contributed by atoms with Crippen LogP contribution in [0.4, 0.5) is 68.2 Å². The Morgan fingerprint density at radius 3 is 0.652 bits per heavy atom. The number of hydrogen-bond acceptors (Lipinski definition) is 16. The zero-order valence-electron chi connectivity index (χ0n) is 70.3. The van der Waals surface area contributed by atoms with E-state index in [9.17, 15) is 0 Å². The summed E-state index contributed by atoms with van der Waals surface area (Å²) in [4.78, 5) is 37.5. The summed E-state index contributed by atoms with van der Waals surface area (Å²) in [7, 11) is 4.22. The van der Waals surface area contributed by atoms with Crippen LogP contribution in [-0.2, 0) is 0 Å². The van der Waals surface area contributed by atoms with E-state index < -0.39 is 0 Å². The van der Waals surface area contributed by atoms with Gasteiger partial charge in [0.2, 0.25) is 0 Å². The van der Waals surface area contributed by atoms with Gasteiger partial charge in [-0.2, -0.15) is 0 Å². The smallest absolute Gasteiger partial charge is 0.107 e. The van der Waals surface area contributed by atoms with Gasteiger partial charge in [0.15, 0.2) is 0 Å². The second-order valence-electron chi connectivity index (χ2n) is 31.6. The van der Waals surface area contributed by atoms with Gasteiger partial charge in [-0.3, -0.25) is 0 Å². The van der Waals surface area contributed by atoms with Gasteiger partial charge in [0.05, 0.1) is 0 Å². The zero-order chi connectivity index (χ0) is 79.7. The molecule has 0 aliphatic carbocycles. The largest absolute Gasteiger partial charge is 0.359 e. The summed E-state index contributed by atoms with van der Waals surface area (Å²) in [6, 6.07) is 61.6. The molecule has 0 aromatic heterocycles. The fourth-order valence-corrected chi connectivity index (χ4v) is 17.3. The highest BCUT2D eigenvalue weighted by atomic mass is 15.4. The maximum Gasteiger partial charge on any atom is 0.107 e. The minimum Gasteiger partial charge on any atom is -0.359 e. The first-order chi connectivity index (χ1) is 53.8. The topological polar surface area (TPSA) is 51.8 Å². The Hall–Kier alpha value is -11.5. The minimum atomic E-state index is 0.196. The van der Waals surface area contributed by atoms with Crippen molar-refractivity contribution in [2.45, 2.75) is 200 Å². The first-order valence-electron chi connectivity index (χ1n) is 40.2. The van der Waals surface area contributed by atoms with Crippen LogP contribution in [0.5, 0.6) is 0 Å². The number of hydrogen-bond donors (Lipinski definition) is 0. The molecule has 8 aliphatic heterocycles. The van der Waals surface area contributed by atoms with E-state index in [0.29, 0.717) is 36.7 Å². The lowest BCUT2D eigenvalue weighted by Gasteiger charge is -2.36. The molecule has 584 valence electrons. The third-order valence-electron chi connectivity index (χ3n) is 24.2. The number of benzene rings is 8. The summed E-state index contributed by atoms with van der Waals surface area (Å²) in [6.45, 7) is 44.7. The van der Waals surface area contributed by atoms with Crippen molar-refractivity contribution in [2.24, 2.45) is 0 Å². The summed E-state index contributed by atoms with van der Waals surface area (Å²) >= 11 is 0. The molecule has 0 N–H and O–H groups in total. The first kappa shape index (κ1) is 78.6. The van der Waals surface area contributed by atoms with E-state index in [4.69, 9.17) is 0 Å². The number of anilines is 12. The van der Waals surface area contributed by atoms with Crippen molar-refractivity contribution < 1.29 is 0 Å². The van der Waals surface area contributed by atoms with Crippen LogP contribution in [0.25, 0.3) is 0 Å². The van der Waals surface area contributed by atoms with Gasteiger partial charge in [0, 0.05) is 194 Å². The zero-order valence-corrected chi connectivity index (χ0v) is 70.3. The molecule has 0 amide bonds. The third kappa shape index (κ3) is 15.2. The lowest BCUT2D eigenvalue weighted by atomic mass is 10.1. The van der Waals surface area contributed by atoms with Gasteiger partial charge in [0.25, 0.3) is 0 Å². The van der Waals surface area contributed by atoms with Gasteiger partial charge in [0.1, 0.15) is 49.3 Å². The van der Waals surface area contributed by atoms with Gasteiger partial charge in [-0.1, -0.05) is 97.1 Å². The molecule has 8 atom stereocenters. The normalized spacial score (nSPS) is 21.4. The Kier molecular flexibility index (Phi) is 23.3. The summed E-state index contributed by atoms with van der Waals surface area (Å²) < 4.78 is 0. The van der Waals surface area contributed by atoms with Crippen molar-refractivity contribution in [2.75, 3.05) is 72.9 Å². The number of rotatable bonds is 14. The molecule has 0 radical (unpaired) electrons. The second kappa shape index (κ2) is 33.2. The number of para-hydroxylation sites is 4. The lowest BCUT2D eigenvalue weighted by molar-refractivity contribution is 0.263. The van der Waals surface area contributed by atoms with E-state index in [0.717, 1.165) is 0 Å². The quantitative estimate of drug-likeness (QED) is 0.104. The predicted octanol–water partition coefficient (Wildman–Crippen LogP) is 21.6. The maximum atomic E-state index is 2.39. The van der Waals surface area contributed by atoms with E-state index in [2.05, 4.69) is 500 Å². The van der Waals surface area contributed by atoms with Crippen molar-refractivity contribution in [3.8, 4) is 0 Å². The standard InChI is InChI=1S/C31H36N4.C27H28N4.C21H32N4.C17H24N4/c1-21-11-8-12-22(2)30(21)34-19-17-32(26(34)6)28-15-10-16-29(25(28)5)33-18-20-35(27(33)7)31-23(3)13-9-14-24(31)4;1-21-26(30-19-17-28(22(30)2)24-11-6-4-7-12-24)15-10-16-27(21)31-20-18-29(23(31)3)25-13-8-5-9-14-25;1-15(2)22-11-13-24(18(22)6)20-9-8-10-21(17(20)5)25-14-12-23(16(3)4)19(25)7;1-13-16(20-11-9-18(4)14(20)2)7-6-8-17(13)21-12-10-19(5)15(21)3/h8-20,26-27H,1-7H3;4-20,22-23H,1-3H3;8-16,18-19H,1-7H3;6-12,14-15H,1-5H3/t26-,27+;22-,23+;18-,19+;14-,15+. The Morgan fingerprint density at radius 1 is 0.205 bits per heavy atom. The summed E-state index contributed by atoms with van der Waals surface area (Å²) in [5, 5.41) is 0. The monoisotopic (exact) mass is 1500 g/mol. The van der Waals surface area contributed by atoms with E-state index in [-0.39, 0.29) is 24.7 Å². The van der Waals surface area contributed by atoms with Crippen LogP contribution < -0.4 is 58.8 Å². The molecule has 16 rings (SSSR count). The van der Waals surface area contributed by atoms with Crippen LogP contribution in [0.3, 0.4) is 0 Å². The van der Waals surface area contributed by atoms with Crippen molar-refractivity contribution in [3.05, 3.63) is 314 Å². The van der Waals surface area contributed by atoms with Crippen molar-refractivity contribution >= 4 is 68.2 Å². The SMILES string of the molecule is Cc1c(N2C=CN(C(C)C)[C@@H]2C)cccc1N1C=CN(C(C)C)[C@H]1C.Cc1c(N2C=CN(C)[C@H]2C)cccc1N1C=CN(C)[C@@H]1C.Cc1c(N2C=CN(c3ccccc3)[C@H]2C)cccc1N1C=CN(c2ccccc2)[C@@H]1C.Cc1cccc(C)c1N1C=CN(c2cccc(N3C=CN(c4c(C)cccc4C)[C@H]3C)c2C)[C@H]1C. The molecule has 8 heterocycles. The molecular formula is C96H120N16. The molecule has 0 saturated heterocycles. The van der Waals surface area contributed by atoms with Gasteiger partial charge >= 0.3 is 0 Å². The van der Waals surface area contributed by atoms with E-state index in [1.165, 1.54) is 113 Å². The summed E-state index contributed by atoms with van der Waals surface area (Å²) in [6.07, 6.45) is 37.2. The minimum absolute atomic E-state index is 0.196. The molecule has 0 saturated carbocycles. The highest BCUT2D eigenvalue weighted by molar-refractivity contribution is 5.78. The maximum absolute atomic E-state index is 2.39. The average Bonchev–Trinajstić information content (AvgIpc) is 1.62. The van der Waals surface area contributed by atoms with E-state index in [1.54, 1.807) is 0 Å². The van der Waals surface area contributed by atoms with Crippen LogP contribution in [0.1, 0.15) is 128 Å². The van der Waals surface area contributed by atoms with Crippen molar-refractivity contribution in [1.82, 2.24) is 19.6 Å². The highest BCUT2D eigenvalue weighted by Crippen LogP contribution is 2.44. The molecule has 112 heavy (non-hydrogen) atoms. The molecule has 8 aliphatic rings. The molecule has 8 aromatic rings. The second-order valence-corrected chi connectivity index (χ2v) is 31.6. The summed E-state index contributed by atoms with van der Waals surface area (Å²) in [5.41, 5.74) is 25.5. The molecule has 8 aromatic carbocycles. The van der Waals surface area contributed by atoms with Crippen LogP contribution >= 0.6 is 0 Å². The van der Waals surface area contributed by atoms with Crippen LogP contribution in [-0.4, -0.2) is 95.1 Å². The van der Waals surface area contributed by atoms with Gasteiger partial charge in [-0.05, 0) is 256 Å². The molecule has 0 spiro atoms. The molecule has 0 fully saturated rings. The molecular weight excluding hydrogens is 1380 g/mol. The Labute approximate surface area is 670 Å². The fraction of sp³-hybridized carbons (Fsp3) is 0.333. The molecule has 0 bridgehead atoms. The Bertz CT molecular complexity index is 4550. The van der Waals surface area contributed by atoms with E-state index >= 15 is 0 Å². The molecule has 16 heteroatoms.